The Balaban J connectivity index is 0.000000130. The number of fused-ring (bicyclic) bond motifs is 4. The molecule has 0 N–H and O–H groups in total. The van der Waals surface area contributed by atoms with E-state index in [-0.39, 0.29) is 45.6 Å². The molecule has 22 nitrogen and oxygen atoms in total. The number of piperazine rings is 1. The summed E-state index contributed by atoms with van der Waals surface area (Å²) in [4.78, 5) is 34.1. The second-order valence-electron chi connectivity index (χ2n) is 28.7. The summed E-state index contributed by atoms with van der Waals surface area (Å²) in [5.74, 6) is -0.312. The lowest BCUT2D eigenvalue weighted by atomic mass is 10.1. The van der Waals surface area contributed by atoms with Crippen molar-refractivity contribution in [2.75, 3.05) is 66.0 Å². The van der Waals surface area contributed by atoms with Crippen molar-refractivity contribution >= 4 is 109 Å². The number of amides is 2. The van der Waals surface area contributed by atoms with Crippen molar-refractivity contribution in [3.8, 4) is 90.1 Å². The fraction of sp³-hybridized carbons (Fsp3) is 0.217. The number of halogens is 5. The van der Waals surface area contributed by atoms with Gasteiger partial charge in [0.05, 0.1) is 48.2 Å². The van der Waals surface area contributed by atoms with Gasteiger partial charge in [0, 0.05) is 110 Å². The van der Waals surface area contributed by atoms with Crippen LogP contribution in [0.5, 0.6) is 0 Å². The monoisotopic (exact) mass is 1660 g/mol. The molecule has 8 aromatic carbocycles. The number of carbonyl (C=O) groups excluding carboxylic acids is 2. The van der Waals surface area contributed by atoms with Gasteiger partial charge in [-0.15, -0.1) is 40.8 Å². The first kappa shape index (κ1) is 83.2. The van der Waals surface area contributed by atoms with Crippen LogP contribution < -0.4 is 0 Å². The molecule has 27 heteroatoms. The second-order valence-corrected chi connectivity index (χ2v) is 30.2. The third-order valence-corrected chi connectivity index (χ3v) is 22.4. The minimum absolute atomic E-state index is 0. The molecule has 16 aromatic rings. The highest BCUT2D eigenvalue weighted by Crippen LogP contribution is 2.43. The molecule has 0 unspecified atom stereocenters. The van der Waals surface area contributed by atoms with E-state index in [1.54, 1.807) is 32.4 Å². The number of aromatic nitrogens is 16. The average molecular weight is 1670 g/mol. The molecule has 0 atom stereocenters. The molecule has 0 saturated carbocycles. The summed E-state index contributed by atoms with van der Waals surface area (Å²) in [6, 6.07) is 73.1. The van der Waals surface area contributed by atoms with E-state index in [2.05, 4.69) is 92.6 Å². The zero-order chi connectivity index (χ0) is 80.5. The summed E-state index contributed by atoms with van der Waals surface area (Å²) < 4.78 is 20.3. The molecule has 19 rings (SSSR count). The van der Waals surface area contributed by atoms with Crippen LogP contribution >= 0.6 is 46.4 Å². The van der Waals surface area contributed by atoms with Crippen LogP contribution in [0.15, 0.2) is 237 Å². The lowest BCUT2D eigenvalue weighted by Crippen LogP contribution is -2.45. The Hall–Kier alpha value is -12.4. The molecule has 3 fully saturated rings. The van der Waals surface area contributed by atoms with Gasteiger partial charge < -0.3 is 14.7 Å². The quantitative estimate of drug-likeness (QED) is 0.0877. The number of aryl methyl sites for hydroxylation is 1. The van der Waals surface area contributed by atoms with Crippen LogP contribution in [0.25, 0.3) is 140 Å². The topological polar surface area (TPSA) is 221 Å². The molecule has 8 aromatic heterocycles. The van der Waals surface area contributed by atoms with Crippen molar-refractivity contribution in [1.82, 2.24) is 99.5 Å². The maximum absolute atomic E-state index is 13.5. The summed E-state index contributed by atoms with van der Waals surface area (Å²) in [5.41, 5.74) is 15.9. The molecule has 3 aliphatic rings. The minimum atomic E-state index is -0.340. The Kier molecular flexibility index (Phi) is 26.5. The normalized spacial score (nSPS) is 13.4. The number of likely N-dealkylation sites (N-methyl/N-ethyl adjacent to an activating group) is 1. The number of likely N-dealkylation sites (tertiary alicyclic amines) is 2. The van der Waals surface area contributed by atoms with Crippen LogP contribution in [0, 0.1) is 12.7 Å². The van der Waals surface area contributed by atoms with Crippen molar-refractivity contribution in [2.45, 2.75) is 67.1 Å². The highest BCUT2D eigenvalue weighted by molar-refractivity contribution is 6.40. The fourth-order valence-electron chi connectivity index (χ4n) is 14.8. The zero-order valence-electron chi connectivity index (χ0n) is 64.2. The first-order valence-corrected chi connectivity index (χ1v) is 40.2. The maximum atomic E-state index is 13.5. The molecule has 0 aliphatic carbocycles. The van der Waals surface area contributed by atoms with Crippen LogP contribution in [0.1, 0.15) is 46.1 Å². The van der Waals surface area contributed by atoms with E-state index in [4.69, 9.17) is 56.6 Å². The molecule has 602 valence electrons. The fourth-order valence-corrected chi connectivity index (χ4v) is 16.0. The standard InChI is InChI=1S/C24H25ClN6.C24H22ClN5O.C23H19ClFN5O.C19H13ClN4.2CH4/c1-29-12-14-30(15-13-29)16-17-31-24-20(22(28-31)18-8-4-2-5-9-18)21(25)23(26-27-24)19-10-6-3-7-11-19;1-16-8-7-11-18(14-16)22-20-21(25)23(17-9-3-2-4-10-17)26-27-24(20)30(28-22)15-19(31)29-12-5-6-13-29;24-20-19-21(16-8-10-17(25)11-9-16)28-30(14-18(31)29-12-4-5-13-29)23(19)27-26-22(20)15-6-2-1-3-7-15;1-2-24-19-15(17(23-24)13-9-5-3-6-10-13)16(20)18(21-22-19)14-11-7-4-8-12-14;;/h2-11H,12-17H2,1H3;2-4,7-11,14H,5-6,12-13,15H2,1H3;1-3,6-11H,4-5,12-14H2;2-12H,1H2;2*1H4. The van der Waals surface area contributed by atoms with Gasteiger partial charge in [-0.2, -0.15) is 20.4 Å². The summed E-state index contributed by atoms with van der Waals surface area (Å²) in [7, 11) is 2.17. The lowest BCUT2D eigenvalue weighted by Gasteiger charge is -2.32. The molecular weight excluding hydrogens is 1580 g/mol. The smallest absolute Gasteiger partial charge is 0.244 e. The van der Waals surface area contributed by atoms with Gasteiger partial charge in [-0.1, -0.05) is 274 Å². The number of hydrogen-bond acceptors (Lipinski definition) is 16. The number of rotatable bonds is 16. The Morgan fingerprint density at radius 3 is 1.04 bits per heavy atom. The molecule has 3 aliphatic heterocycles. The molecule has 0 bridgehead atoms. The van der Waals surface area contributed by atoms with Crippen LogP contribution in [0.2, 0.25) is 20.1 Å². The number of carbonyl (C=O) groups is 2. The number of hydrogen-bond donors (Lipinski definition) is 0. The molecular formula is C92H87Cl4FN20O2. The van der Waals surface area contributed by atoms with Gasteiger partial charge in [-0.25, -0.2) is 23.1 Å². The average Bonchev–Trinajstić information content (AvgIpc) is 1.63. The molecule has 2 amide bonds. The first-order chi connectivity index (χ1) is 57.2. The Morgan fingerprint density at radius 2 is 0.672 bits per heavy atom. The van der Waals surface area contributed by atoms with Gasteiger partial charge in [0.1, 0.15) is 64.5 Å². The predicted octanol–water partition coefficient (Wildman–Crippen LogP) is 19.6. The van der Waals surface area contributed by atoms with Crippen molar-refractivity contribution in [1.29, 1.82) is 0 Å². The first-order valence-electron chi connectivity index (χ1n) is 38.7. The molecule has 3 saturated heterocycles. The van der Waals surface area contributed by atoms with E-state index < -0.39 is 0 Å². The molecule has 0 radical (unpaired) electrons. The number of nitrogens with zero attached hydrogens (tertiary/aromatic N) is 20. The van der Waals surface area contributed by atoms with E-state index in [1.807, 2.05) is 209 Å². The molecule has 11 heterocycles. The number of benzene rings is 8. The van der Waals surface area contributed by atoms with Gasteiger partial charge in [0.25, 0.3) is 0 Å². The zero-order valence-corrected chi connectivity index (χ0v) is 67.2. The predicted molar refractivity (Wildman–Crippen MR) is 475 cm³/mol. The van der Waals surface area contributed by atoms with Crippen molar-refractivity contribution in [3.63, 3.8) is 0 Å². The van der Waals surface area contributed by atoms with Crippen molar-refractivity contribution in [2.24, 2.45) is 0 Å². The third-order valence-electron chi connectivity index (χ3n) is 20.9. The van der Waals surface area contributed by atoms with Crippen molar-refractivity contribution in [3.05, 3.63) is 269 Å². The van der Waals surface area contributed by atoms with E-state index in [9.17, 15) is 14.0 Å². The van der Waals surface area contributed by atoms with E-state index in [0.29, 0.717) is 82.1 Å². The van der Waals surface area contributed by atoms with Crippen LogP contribution in [-0.4, -0.2) is 177 Å². The van der Waals surface area contributed by atoms with E-state index in [0.717, 1.165) is 169 Å². The van der Waals surface area contributed by atoms with Gasteiger partial charge >= 0.3 is 0 Å². The highest BCUT2D eigenvalue weighted by Gasteiger charge is 2.29. The highest BCUT2D eigenvalue weighted by atomic mass is 35.5. The van der Waals surface area contributed by atoms with E-state index >= 15 is 0 Å². The second kappa shape index (κ2) is 37.9. The van der Waals surface area contributed by atoms with Crippen molar-refractivity contribution < 1.29 is 14.0 Å². The van der Waals surface area contributed by atoms with E-state index in [1.165, 1.54) is 12.1 Å². The maximum Gasteiger partial charge on any atom is 0.244 e. The SMILES string of the molecule is C.C.C=Cn1nc(-c2ccccc2)c2c(Cl)c(-c3ccccc3)nnc21.CN1CCN(CCn2nc(-c3ccccc3)c3c(Cl)c(-c4ccccc4)nnc32)CC1.Cc1cccc(-c2nn(CC(=O)N3CCCC3)c3nnc(-c4ccccc4)c(Cl)c23)c1.O=C(Cn1nc(-c2ccc(F)cc2)c2c(Cl)c(-c3ccccc3)nnc21)N1CCCC1. The third kappa shape index (κ3) is 18.1. The largest absolute Gasteiger partial charge is 0.341 e. The van der Waals surface area contributed by atoms with Crippen LogP contribution in [0.3, 0.4) is 0 Å². The lowest BCUT2D eigenvalue weighted by molar-refractivity contribution is -0.131. The minimum Gasteiger partial charge on any atom is -0.341 e. The Morgan fingerprint density at radius 1 is 0.361 bits per heavy atom. The summed E-state index contributed by atoms with van der Waals surface area (Å²) in [6.07, 6.45) is 5.72. The Labute approximate surface area is 709 Å². The summed E-state index contributed by atoms with van der Waals surface area (Å²) in [6.45, 7) is 15.1. The van der Waals surface area contributed by atoms with Crippen LogP contribution in [0.4, 0.5) is 4.39 Å². The van der Waals surface area contributed by atoms with Gasteiger partial charge in [-0.3, -0.25) is 14.5 Å². The van der Waals surface area contributed by atoms with Gasteiger partial charge in [0.15, 0.2) is 22.6 Å². The van der Waals surface area contributed by atoms with Crippen LogP contribution in [-0.2, 0) is 29.2 Å². The summed E-state index contributed by atoms with van der Waals surface area (Å²) in [5, 5.41) is 59.2. The summed E-state index contributed by atoms with van der Waals surface area (Å²) >= 11 is 27.4. The van der Waals surface area contributed by atoms with Gasteiger partial charge in [0.2, 0.25) is 11.8 Å². The Bertz CT molecular complexity index is 6220. The molecule has 0 spiro atoms. The van der Waals surface area contributed by atoms with Gasteiger partial charge in [-0.05, 0) is 70.0 Å². The molecule has 119 heavy (non-hydrogen) atoms.